The fourth-order valence-corrected chi connectivity index (χ4v) is 3.47. The summed E-state index contributed by atoms with van der Waals surface area (Å²) in [6, 6.07) is 0. The van der Waals surface area contributed by atoms with Crippen molar-refractivity contribution < 1.29 is 9.53 Å². The molecular formula is C10H18BrNO2S. The number of nitrogens with zero attached hydrogens (tertiary/aromatic N) is 1. The molecule has 2 atom stereocenters. The van der Waals surface area contributed by atoms with Gasteiger partial charge in [0.05, 0.1) is 7.11 Å². The van der Waals surface area contributed by atoms with Crippen molar-refractivity contribution in [2.45, 2.75) is 23.4 Å². The molecular weight excluding hydrogens is 278 g/mol. The van der Waals surface area contributed by atoms with Crippen LogP contribution in [-0.2, 0) is 9.53 Å². The zero-order chi connectivity index (χ0) is 11.3. The van der Waals surface area contributed by atoms with Gasteiger partial charge in [0.25, 0.3) is 0 Å². The number of hydrogen-bond donors (Lipinski definition) is 0. The Balaban J connectivity index is 2.34. The molecule has 1 aliphatic rings. The van der Waals surface area contributed by atoms with Gasteiger partial charge in [-0.15, -0.1) is 0 Å². The van der Waals surface area contributed by atoms with Gasteiger partial charge in [-0.05, 0) is 6.42 Å². The first-order valence-electron chi connectivity index (χ1n) is 5.23. The molecule has 0 bridgehead atoms. The van der Waals surface area contributed by atoms with Crippen molar-refractivity contribution in [1.82, 2.24) is 4.90 Å². The number of rotatable bonds is 4. The van der Waals surface area contributed by atoms with Crippen LogP contribution in [0, 0.1) is 0 Å². The van der Waals surface area contributed by atoms with Crippen molar-refractivity contribution in [1.29, 1.82) is 0 Å². The maximum atomic E-state index is 11.2. The highest BCUT2D eigenvalue weighted by molar-refractivity contribution is 9.10. The van der Waals surface area contributed by atoms with Gasteiger partial charge in [0.15, 0.2) is 0 Å². The average Bonchev–Trinajstić information content (AvgIpc) is 2.28. The third kappa shape index (κ3) is 4.33. The maximum Gasteiger partial charge on any atom is 0.320 e. The number of thioether (sulfide) groups is 1. The zero-order valence-corrected chi connectivity index (χ0v) is 11.6. The summed E-state index contributed by atoms with van der Waals surface area (Å²) < 4.78 is 4.69. The summed E-state index contributed by atoms with van der Waals surface area (Å²) >= 11 is 5.39. The number of carbonyl (C=O) groups is 1. The third-order valence-electron chi connectivity index (χ3n) is 2.55. The minimum Gasteiger partial charge on any atom is -0.468 e. The van der Waals surface area contributed by atoms with Crippen LogP contribution in [0.2, 0.25) is 0 Å². The van der Waals surface area contributed by atoms with E-state index in [4.69, 9.17) is 0 Å². The number of alkyl halides is 1. The number of ether oxygens (including phenoxy) is 1. The molecule has 0 N–H and O–H groups in total. The van der Waals surface area contributed by atoms with E-state index in [2.05, 4.69) is 32.5 Å². The summed E-state index contributed by atoms with van der Waals surface area (Å²) in [4.78, 5) is 13.4. The van der Waals surface area contributed by atoms with Crippen molar-refractivity contribution in [3.63, 3.8) is 0 Å². The van der Waals surface area contributed by atoms with Crippen LogP contribution in [0.1, 0.15) is 13.3 Å². The normalized spacial score (nSPS) is 24.9. The van der Waals surface area contributed by atoms with Crippen LogP contribution >= 0.6 is 27.7 Å². The highest BCUT2D eigenvalue weighted by Crippen LogP contribution is 2.21. The molecule has 3 nitrogen and oxygen atoms in total. The summed E-state index contributed by atoms with van der Waals surface area (Å²) in [6.45, 7) is 5.12. The smallest absolute Gasteiger partial charge is 0.320 e. The van der Waals surface area contributed by atoms with Gasteiger partial charge in [-0.2, -0.15) is 11.8 Å². The number of halogens is 1. The van der Waals surface area contributed by atoms with Crippen LogP contribution < -0.4 is 0 Å². The van der Waals surface area contributed by atoms with Crippen LogP contribution in [0.4, 0.5) is 0 Å². The van der Waals surface area contributed by atoms with Crippen molar-refractivity contribution in [3.8, 4) is 0 Å². The molecule has 1 aliphatic heterocycles. The predicted octanol–water partition coefficient (Wildman–Crippen LogP) is 1.75. The molecule has 5 heteroatoms. The van der Waals surface area contributed by atoms with Crippen LogP contribution in [-0.4, -0.2) is 53.4 Å². The molecule has 1 heterocycles. The predicted molar refractivity (Wildman–Crippen MR) is 67.7 cm³/mol. The second kappa shape index (κ2) is 6.76. The van der Waals surface area contributed by atoms with Crippen LogP contribution in [0.3, 0.4) is 0 Å². The van der Waals surface area contributed by atoms with Gasteiger partial charge < -0.3 is 4.74 Å². The highest BCUT2D eigenvalue weighted by atomic mass is 79.9. The monoisotopic (exact) mass is 295 g/mol. The van der Waals surface area contributed by atoms with Crippen molar-refractivity contribution in [2.75, 3.05) is 32.5 Å². The molecule has 1 rings (SSSR count). The molecule has 0 aliphatic carbocycles. The molecule has 15 heavy (non-hydrogen) atoms. The van der Waals surface area contributed by atoms with E-state index in [9.17, 15) is 4.79 Å². The quantitative estimate of drug-likeness (QED) is 0.584. The number of hydrogen-bond acceptors (Lipinski definition) is 4. The SMILES string of the molecule is CCC1CN(CC(Br)C(=O)OC)CCS1. The molecule has 0 aromatic carbocycles. The number of carbonyl (C=O) groups excluding carboxylic acids is 1. The first-order valence-corrected chi connectivity index (χ1v) is 7.19. The highest BCUT2D eigenvalue weighted by Gasteiger charge is 2.24. The minimum atomic E-state index is -0.192. The lowest BCUT2D eigenvalue weighted by molar-refractivity contribution is -0.140. The lowest BCUT2D eigenvalue weighted by Crippen LogP contribution is -2.42. The standard InChI is InChI=1S/C10H18BrNO2S/c1-3-8-6-12(4-5-15-8)7-9(11)10(13)14-2/h8-9H,3-7H2,1-2H3. The maximum absolute atomic E-state index is 11.2. The number of methoxy groups -OCH3 is 1. The van der Waals surface area contributed by atoms with E-state index in [1.54, 1.807) is 0 Å². The first kappa shape index (κ1) is 13.3. The molecule has 2 unspecified atom stereocenters. The zero-order valence-electron chi connectivity index (χ0n) is 9.24. The molecule has 0 spiro atoms. The van der Waals surface area contributed by atoms with Crippen LogP contribution in [0.5, 0.6) is 0 Å². The molecule has 0 amide bonds. The van der Waals surface area contributed by atoms with Crippen molar-refractivity contribution in [3.05, 3.63) is 0 Å². The minimum absolute atomic E-state index is 0.179. The summed E-state index contributed by atoms with van der Waals surface area (Å²) in [5, 5.41) is 0.719. The second-order valence-electron chi connectivity index (χ2n) is 3.65. The van der Waals surface area contributed by atoms with Crippen molar-refractivity contribution >= 4 is 33.7 Å². The van der Waals surface area contributed by atoms with E-state index < -0.39 is 0 Å². The first-order chi connectivity index (χ1) is 7.17. The van der Waals surface area contributed by atoms with E-state index >= 15 is 0 Å². The van der Waals surface area contributed by atoms with Gasteiger partial charge in [0, 0.05) is 30.6 Å². The summed E-state index contributed by atoms with van der Waals surface area (Å²) in [5.41, 5.74) is 0. The van der Waals surface area contributed by atoms with Gasteiger partial charge in [-0.25, -0.2) is 0 Å². The molecule has 88 valence electrons. The van der Waals surface area contributed by atoms with Crippen molar-refractivity contribution in [2.24, 2.45) is 0 Å². The Morgan fingerprint density at radius 1 is 1.73 bits per heavy atom. The van der Waals surface area contributed by atoms with E-state index in [1.807, 2.05) is 11.8 Å². The summed E-state index contributed by atoms with van der Waals surface area (Å²) in [5.74, 6) is 0.987. The third-order valence-corrected chi connectivity index (χ3v) is 4.59. The molecule has 0 aromatic rings. The Labute approximate surface area is 104 Å². The lowest BCUT2D eigenvalue weighted by atomic mass is 10.3. The second-order valence-corrected chi connectivity index (χ2v) is 6.16. The van der Waals surface area contributed by atoms with Gasteiger partial charge >= 0.3 is 5.97 Å². The average molecular weight is 296 g/mol. The van der Waals surface area contributed by atoms with E-state index in [1.165, 1.54) is 19.3 Å². The van der Waals surface area contributed by atoms with Gasteiger partial charge in [-0.3, -0.25) is 9.69 Å². The topological polar surface area (TPSA) is 29.5 Å². The summed E-state index contributed by atoms with van der Waals surface area (Å²) in [7, 11) is 1.43. The molecule has 1 saturated heterocycles. The van der Waals surface area contributed by atoms with Crippen LogP contribution in [0.25, 0.3) is 0 Å². The molecule has 1 fully saturated rings. The molecule has 0 radical (unpaired) electrons. The Kier molecular flexibility index (Phi) is 6.00. The van der Waals surface area contributed by atoms with E-state index in [0.29, 0.717) is 0 Å². The van der Waals surface area contributed by atoms with Gasteiger partial charge in [0.2, 0.25) is 0 Å². The largest absolute Gasteiger partial charge is 0.468 e. The Morgan fingerprint density at radius 3 is 3.07 bits per heavy atom. The van der Waals surface area contributed by atoms with E-state index in [-0.39, 0.29) is 10.8 Å². The van der Waals surface area contributed by atoms with E-state index in [0.717, 1.165) is 24.9 Å². The number of esters is 1. The fraction of sp³-hybridized carbons (Fsp3) is 0.900. The Hall–Kier alpha value is 0.260. The summed E-state index contributed by atoms with van der Waals surface area (Å²) in [6.07, 6.45) is 1.20. The van der Waals surface area contributed by atoms with Crippen LogP contribution in [0.15, 0.2) is 0 Å². The molecule has 0 saturated carbocycles. The Bertz CT molecular complexity index is 216. The fourth-order valence-electron chi connectivity index (χ4n) is 1.62. The van der Waals surface area contributed by atoms with Gasteiger partial charge in [0.1, 0.15) is 4.83 Å². The lowest BCUT2D eigenvalue weighted by Gasteiger charge is -2.32. The molecule has 0 aromatic heterocycles. The van der Waals surface area contributed by atoms with Gasteiger partial charge in [-0.1, -0.05) is 22.9 Å². The Morgan fingerprint density at radius 2 is 2.47 bits per heavy atom.